The van der Waals surface area contributed by atoms with Gasteiger partial charge < -0.3 is 19.9 Å². The molecule has 26 heavy (non-hydrogen) atoms. The van der Waals surface area contributed by atoms with Crippen molar-refractivity contribution in [2.45, 2.75) is 46.9 Å². The molecule has 0 radical (unpaired) electrons. The number of nitrogens with zero attached hydrogens (tertiary/aromatic N) is 3. The maximum absolute atomic E-state index is 5.99. The molecule has 1 aromatic heterocycles. The first-order valence-electron chi connectivity index (χ1n) is 9.16. The smallest absolute Gasteiger partial charge is 0.191 e. The summed E-state index contributed by atoms with van der Waals surface area (Å²) in [6.07, 6.45) is 3.89. The predicted octanol–water partition coefficient (Wildman–Crippen LogP) is 2.98. The molecule has 0 spiro atoms. The van der Waals surface area contributed by atoms with Crippen molar-refractivity contribution < 1.29 is 4.74 Å². The molecule has 2 N–H and O–H groups in total. The van der Waals surface area contributed by atoms with E-state index >= 15 is 0 Å². The van der Waals surface area contributed by atoms with Crippen molar-refractivity contribution in [1.82, 2.24) is 20.2 Å². The maximum atomic E-state index is 5.99. The van der Waals surface area contributed by atoms with Crippen molar-refractivity contribution in [1.29, 1.82) is 0 Å². The molecule has 6 nitrogen and oxygen atoms in total. The first-order valence-corrected chi connectivity index (χ1v) is 9.16. The molecule has 0 bridgehead atoms. The lowest BCUT2D eigenvalue weighted by atomic mass is 10.2. The Morgan fingerprint density at radius 2 is 2.00 bits per heavy atom. The molecule has 6 heteroatoms. The minimum atomic E-state index is 0.0255. The SMILES string of the molecule is CN=C(NCc1nccn1CC(C)C)NCC(C)Oc1ccccc1C. The molecule has 2 aromatic rings. The van der Waals surface area contributed by atoms with Crippen LogP contribution in [0.2, 0.25) is 0 Å². The van der Waals surface area contributed by atoms with Gasteiger partial charge >= 0.3 is 0 Å². The summed E-state index contributed by atoms with van der Waals surface area (Å²) in [6, 6.07) is 8.05. The quantitative estimate of drug-likeness (QED) is 0.563. The van der Waals surface area contributed by atoms with E-state index < -0.39 is 0 Å². The number of rotatable bonds is 8. The molecule has 0 aliphatic heterocycles. The lowest BCUT2D eigenvalue weighted by Gasteiger charge is -2.19. The zero-order chi connectivity index (χ0) is 18.9. The van der Waals surface area contributed by atoms with Gasteiger partial charge in [0.1, 0.15) is 17.7 Å². The molecule has 1 unspecified atom stereocenters. The molecule has 0 saturated carbocycles. The zero-order valence-corrected chi connectivity index (χ0v) is 16.5. The Kier molecular flexibility index (Phi) is 7.51. The number of aryl methyl sites for hydroxylation is 1. The Morgan fingerprint density at radius 3 is 2.69 bits per heavy atom. The van der Waals surface area contributed by atoms with Crippen molar-refractivity contribution in [2.24, 2.45) is 10.9 Å². The third-order valence-corrected chi connectivity index (χ3v) is 3.98. The predicted molar refractivity (Wildman–Crippen MR) is 107 cm³/mol. The van der Waals surface area contributed by atoms with E-state index in [9.17, 15) is 0 Å². The number of hydrogen-bond acceptors (Lipinski definition) is 3. The van der Waals surface area contributed by atoms with Crippen molar-refractivity contribution in [3.05, 3.63) is 48.0 Å². The minimum absolute atomic E-state index is 0.0255. The third-order valence-electron chi connectivity index (χ3n) is 3.98. The molecule has 142 valence electrons. The molecule has 2 rings (SSSR count). The first kappa shape index (κ1) is 19.8. The number of ether oxygens (including phenoxy) is 1. The van der Waals surface area contributed by atoms with Gasteiger partial charge in [-0.3, -0.25) is 4.99 Å². The third kappa shape index (κ3) is 6.10. The highest BCUT2D eigenvalue weighted by molar-refractivity contribution is 5.79. The van der Waals surface area contributed by atoms with Gasteiger partial charge in [0.05, 0.1) is 13.1 Å². The molecule has 0 saturated heterocycles. The highest BCUT2D eigenvalue weighted by Gasteiger charge is 2.09. The van der Waals surface area contributed by atoms with Crippen LogP contribution in [0.3, 0.4) is 0 Å². The van der Waals surface area contributed by atoms with Crippen LogP contribution in [0.4, 0.5) is 0 Å². The Hall–Kier alpha value is -2.50. The van der Waals surface area contributed by atoms with E-state index in [-0.39, 0.29) is 6.10 Å². The number of guanidine groups is 1. The Morgan fingerprint density at radius 1 is 1.23 bits per heavy atom. The molecular formula is C20H31N5O. The second-order valence-corrected chi connectivity index (χ2v) is 6.89. The van der Waals surface area contributed by atoms with E-state index in [0.717, 1.165) is 29.6 Å². The fourth-order valence-electron chi connectivity index (χ4n) is 2.64. The van der Waals surface area contributed by atoms with Gasteiger partial charge in [-0.05, 0) is 31.4 Å². The second kappa shape index (κ2) is 9.85. The molecule has 1 heterocycles. The Labute approximate surface area is 156 Å². The topological polar surface area (TPSA) is 63.5 Å². The van der Waals surface area contributed by atoms with Crippen LogP contribution in [0.25, 0.3) is 0 Å². The van der Waals surface area contributed by atoms with Gasteiger partial charge in [-0.15, -0.1) is 0 Å². The van der Waals surface area contributed by atoms with Crippen LogP contribution in [0.1, 0.15) is 32.2 Å². The summed E-state index contributed by atoms with van der Waals surface area (Å²) < 4.78 is 8.17. The molecule has 0 fully saturated rings. The number of benzene rings is 1. The van der Waals surface area contributed by atoms with E-state index in [2.05, 4.69) is 52.0 Å². The van der Waals surface area contributed by atoms with Crippen LogP contribution in [-0.2, 0) is 13.1 Å². The summed E-state index contributed by atoms with van der Waals surface area (Å²) in [5.41, 5.74) is 1.14. The maximum Gasteiger partial charge on any atom is 0.191 e. The highest BCUT2D eigenvalue weighted by Crippen LogP contribution is 2.17. The minimum Gasteiger partial charge on any atom is -0.489 e. The van der Waals surface area contributed by atoms with Crippen molar-refractivity contribution in [3.63, 3.8) is 0 Å². The van der Waals surface area contributed by atoms with Crippen LogP contribution in [-0.4, -0.2) is 35.2 Å². The largest absolute Gasteiger partial charge is 0.489 e. The van der Waals surface area contributed by atoms with E-state index in [0.29, 0.717) is 19.0 Å². The van der Waals surface area contributed by atoms with Crippen LogP contribution in [0.5, 0.6) is 5.75 Å². The lowest BCUT2D eigenvalue weighted by Crippen LogP contribution is -2.41. The summed E-state index contributed by atoms with van der Waals surface area (Å²) in [5, 5.41) is 6.62. The van der Waals surface area contributed by atoms with Crippen LogP contribution < -0.4 is 15.4 Å². The van der Waals surface area contributed by atoms with Gasteiger partial charge in [-0.2, -0.15) is 0 Å². The van der Waals surface area contributed by atoms with E-state index in [1.54, 1.807) is 7.05 Å². The lowest BCUT2D eigenvalue weighted by molar-refractivity contribution is 0.222. The Bertz CT molecular complexity index is 708. The number of para-hydroxylation sites is 1. The van der Waals surface area contributed by atoms with Crippen LogP contribution >= 0.6 is 0 Å². The monoisotopic (exact) mass is 357 g/mol. The fourth-order valence-corrected chi connectivity index (χ4v) is 2.64. The number of hydrogen-bond donors (Lipinski definition) is 2. The highest BCUT2D eigenvalue weighted by atomic mass is 16.5. The number of aromatic nitrogens is 2. The van der Waals surface area contributed by atoms with Gasteiger partial charge in [0.15, 0.2) is 5.96 Å². The van der Waals surface area contributed by atoms with Gasteiger partial charge in [-0.1, -0.05) is 32.0 Å². The first-order chi connectivity index (χ1) is 12.5. The number of nitrogens with one attached hydrogen (secondary N) is 2. The molecule has 0 aliphatic rings. The van der Waals surface area contributed by atoms with Crippen molar-refractivity contribution >= 4 is 5.96 Å². The summed E-state index contributed by atoms with van der Waals surface area (Å²) >= 11 is 0. The summed E-state index contributed by atoms with van der Waals surface area (Å²) in [4.78, 5) is 8.71. The molecule has 0 aliphatic carbocycles. The summed E-state index contributed by atoms with van der Waals surface area (Å²) in [5.74, 6) is 3.25. The number of imidazole rings is 1. The standard InChI is InChI=1S/C20H31N5O/c1-15(2)14-25-11-10-22-19(25)13-24-20(21-5)23-12-17(4)26-18-9-7-6-8-16(18)3/h6-11,15,17H,12-14H2,1-5H3,(H2,21,23,24). The molecule has 1 atom stereocenters. The molecule has 1 aromatic carbocycles. The molecular weight excluding hydrogens is 326 g/mol. The van der Waals surface area contributed by atoms with Gasteiger partial charge in [-0.25, -0.2) is 4.98 Å². The van der Waals surface area contributed by atoms with Gasteiger partial charge in [0, 0.05) is 26.0 Å². The molecule has 0 amide bonds. The summed E-state index contributed by atoms with van der Waals surface area (Å²) in [7, 11) is 1.77. The van der Waals surface area contributed by atoms with Gasteiger partial charge in [0.2, 0.25) is 0 Å². The fraction of sp³-hybridized carbons (Fsp3) is 0.500. The Balaban J connectivity index is 1.81. The van der Waals surface area contributed by atoms with Crippen molar-refractivity contribution in [3.8, 4) is 5.75 Å². The van der Waals surface area contributed by atoms with E-state index in [1.807, 2.05) is 37.5 Å². The normalized spacial score (nSPS) is 12.9. The van der Waals surface area contributed by atoms with Crippen LogP contribution in [0.15, 0.2) is 41.7 Å². The van der Waals surface area contributed by atoms with E-state index in [4.69, 9.17) is 4.74 Å². The zero-order valence-electron chi connectivity index (χ0n) is 16.5. The van der Waals surface area contributed by atoms with Crippen LogP contribution in [0, 0.1) is 12.8 Å². The van der Waals surface area contributed by atoms with E-state index in [1.165, 1.54) is 0 Å². The number of aliphatic imine (C=N–C) groups is 1. The van der Waals surface area contributed by atoms with Crippen molar-refractivity contribution in [2.75, 3.05) is 13.6 Å². The summed E-state index contributed by atoms with van der Waals surface area (Å²) in [6.45, 7) is 10.8. The average Bonchev–Trinajstić information content (AvgIpc) is 3.03. The second-order valence-electron chi connectivity index (χ2n) is 6.89. The average molecular weight is 358 g/mol. The van der Waals surface area contributed by atoms with Gasteiger partial charge in [0.25, 0.3) is 0 Å².